The van der Waals surface area contributed by atoms with Crippen molar-refractivity contribution in [1.29, 1.82) is 0 Å². The SMILES string of the molecule is CNc1ccc(C(=O)c2ccccc2C(=O)Nc2ccc(OC)nc2)cc1[N+](=O)[O-]. The van der Waals surface area contributed by atoms with Crippen LogP contribution in [0, 0.1) is 10.1 Å². The number of anilines is 2. The summed E-state index contributed by atoms with van der Waals surface area (Å²) in [6.07, 6.45) is 1.43. The van der Waals surface area contributed by atoms with E-state index in [0.717, 1.165) is 0 Å². The standard InChI is InChI=1S/C21H18N4O5/c1-22-17-9-7-13(11-18(17)25(28)29)20(26)15-5-3-4-6-16(15)21(27)24-14-8-10-19(30-2)23-12-14/h3-12,22H,1-2H3,(H,24,27). The van der Waals surface area contributed by atoms with Gasteiger partial charge in [0.2, 0.25) is 5.88 Å². The van der Waals surface area contributed by atoms with Crippen LogP contribution in [0.4, 0.5) is 17.1 Å². The Labute approximate surface area is 171 Å². The number of carbonyl (C=O) groups is 2. The third-order valence-electron chi connectivity index (χ3n) is 4.35. The van der Waals surface area contributed by atoms with Gasteiger partial charge < -0.3 is 15.4 Å². The molecule has 0 saturated heterocycles. The molecule has 0 atom stereocenters. The van der Waals surface area contributed by atoms with Gasteiger partial charge in [-0.25, -0.2) is 4.98 Å². The van der Waals surface area contributed by atoms with E-state index in [-0.39, 0.29) is 28.1 Å². The van der Waals surface area contributed by atoms with Gasteiger partial charge in [0.1, 0.15) is 5.69 Å². The van der Waals surface area contributed by atoms with Gasteiger partial charge >= 0.3 is 0 Å². The van der Waals surface area contributed by atoms with Crippen LogP contribution in [-0.2, 0) is 0 Å². The first-order valence-corrected chi connectivity index (χ1v) is 8.86. The van der Waals surface area contributed by atoms with Crippen molar-refractivity contribution >= 4 is 28.8 Å². The number of hydrogen-bond donors (Lipinski definition) is 2. The predicted octanol–water partition coefficient (Wildman–Crippen LogP) is 3.52. The van der Waals surface area contributed by atoms with Gasteiger partial charge in [-0.1, -0.05) is 18.2 Å². The first kappa shape index (κ1) is 20.5. The van der Waals surface area contributed by atoms with Gasteiger partial charge in [-0.15, -0.1) is 0 Å². The molecule has 1 heterocycles. The van der Waals surface area contributed by atoms with Crippen molar-refractivity contribution in [2.24, 2.45) is 0 Å². The van der Waals surface area contributed by atoms with Crippen LogP contribution < -0.4 is 15.4 Å². The normalized spacial score (nSPS) is 10.2. The third kappa shape index (κ3) is 4.25. The number of nitro groups is 1. The van der Waals surface area contributed by atoms with E-state index in [1.807, 2.05) is 0 Å². The maximum Gasteiger partial charge on any atom is 0.293 e. The Bertz CT molecular complexity index is 1110. The van der Waals surface area contributed by atoms with Crippen molar-refractivity contribution in [2.75, 3.05) is 24.8 Å². The molecule has 2 N–H and O–H groups in total. The maximum absolute atomic E-state index is 13.0. The molecule has 0 aliphatic rings. The molecular weight excluding hydrogens is 388 g/mol. The highest BCUT2D eigenvalue weighted by Crippen LogP contribution is 2.27. The molecule has 152 valence electrons. The minimum Gasteiger partial charge on any atom is -0.481 e. The molecule has 0 unspecified atom stereocenters. The van der Waals surface area contributed by atoms with E-state index < -0.39 is 16.6 Å². The molecule has 9 nitrogen and oxygen atoms in total. The quantitative estimate of drug-likeness (QED) is 0.349. The second-order valence-corrected chi connectivity index (χ2v) is 6.16. The lowest BCUT2D eigenvalue weighted by molar-refractivity contribution is -0.384. The Hall–Kier alpha value is -4.27. The van der Waals surface area contributed by atoms with Crippen molar-refractivity contribution in [2.45, 2.75) is 0 Å². The zero-order chi connectivity index (χ0) is 21.7. The lowest BCUT2D eigenvalue weighted by Gasteiger charge is -2.10. The monoisotopic (exact) mass is 406 g/mol. The molecule has 0 saturated carbocycles. The van der Waals surface area contributed by atoms with Gasteiger partial charge in [0.05, 0.1) is 29.5 Å². The highest BCUT2D eigenvalue weighted by atomic mass is 16.6. The van der Waals surface area contributed by atoms with Gasteiger partial charge in [0.25, 0.3) is 11.6 Å². The van der Waals surface area contributed by atoms with Crippen LogP contribution in [0.15, 0.2) is 60.8 Å². The van der Waals surface area contributed by atoms with Crippen molar-refractivity contribution in [3.05, 3.63) is 87.6 Å². The second kappa shape index (κ2) is 8.82. The molecule has 3 rings (SSSR count). The minimum atomic E-state index is -0.572. The van der Waals surface area contributed by atoms with E-state index in [9.17, 15) is 19.7 Å². The number of benzene rings is 2. The molecule has 2 aromatic carbocycles. The zero-order valence-electron chi connectivity index (χ0n) is 16.2. The molecular formula is C21H18N4O5. The molecule has 9 heteroatoms. The van der Waals surface area contributed by atoms with E-state index in [1.54, 1.807) is 31.3 Å². The van der Waals surface area contributed by atoms with Gasteiger partial charge in [0.15, 0.2) is 5.78 Å². The number of nitrogens with zero attached hydrogens (tertiary/aromatic N) is 2. The van der Waals surface area contributed by atoms with Gasteiger partial charge in [-0.2, -0.15) is 0 Å². The first-order valence-electron chi connectivity index (χ1n) is 8.86. The van der Waals surface area contributed by atoms with E-state index in [4.69, 9.17) is 4.74 Å². The van der Waals surface area contributed by atoms with Crippen LogP contribution in [0.25, 0.3) is 0 Å². The average molecular weight is 406 g/mol. The number of amides is 1. The number of methoxy groups -OCH3 is 1. The highest BCUT2D eigenvalue weighted by Gasteiger charge is 2.22. The Balaban J connectivity index is 1.92. The Morgan fingerprint density at radius 1 is 1.07 bits per heavy atom. The molecule has 1 amide bonds. The predicted molar refractivity (Wildman–Crippen MR) is 111 cm³/mol. The number of rotatable bonds is 7. The Kier molecular flexibility index (Phi) is 6.02. The number of aromatic nitrogens is 1. The topological polar surface area (TPSA) is 123 Å². The highest BCUT2D eigenvalue weighted by molar-refractivity contribution is 6.18. The van der Waals surface area contributed by atoms with Crippen LogP contribution in [0.5, 0.6) is 5.88 Å². The van der Waals surface area contributed by atoms with Gasteiger partial charge in [-0.05, 0) is 24.3 Å². The Morgan fingerprint density at radius 2 is 1.80 bits per heavy atom. The molecule has 0 radical (unpaired) electrons. The van der Waals surface area contributed by atoms with Crippen molar-refractivity contribution < 1.29 is 19.2 Å². The fraction of sp³-hybridized carbons (Fsp3) is 0.0952. The van der Waals surface area contributed by atoms with Gasteiger partial charge in [0, 0.05) is 30.3 Å². The molecule has 0 fully saturated rings. The summed E-state index contributed by atoms with van der Waals surface area (Å²) in [6.45, 7) is 0. The van der Waals surface area contributed by atoms with E-state index in [2.05, 4.69) is 15.6 Å². The maximum atomic E-state index is 13.0. The van der Waals surface area contributed by atoms with E-state index >= 15 is 0 Å². The number of nitrogens with one attached hydrogen (secondary N) is 2. The summed E-state index contributed by atoms with van der Waals surface area (Å²) in [5, 5.41) is 16.7. The number of carbonyl (C=O) groups excluding carboxylic acids is 2. The number of pyridine rings is 1. The molecule has 0 aliphatic carbocycles. The first-order chi connectivity index (χ1) is 14.4. The summed E-state index contributed by atoms with van der Waals surface area (Å²) in [5.41, 5.74) is 0.856. The fourth-order valence-electron chi connectivity index (χ4n) is 2.84. The molecule has 0 bridgehead atoms. The van der Waals surface area contributed by atoms with E-state index in [0.29, 0.717) is 11.6 Å². The summed E-state index contributed by atoms with van der Waals surface area (Å²) in [5.74, 6) is -0.609. The molecule has 0 spiro atoms. The zero-order valence-corrected chi connectivity index (χ0v) is 16.2. The molecule has 30 heavy (non-hydrogen) atoms. The second-order valence-electron chi connectivity index (χ2n) is 6.16. The third-order valence-corrected chi connectivity index (χ3v) is 4.35. The minimum absolute atomic E-state index is 0.104. The van der Waals surface area contributed by atoms with Crippen molar-refractivity contribution in [1.82, 2.24) is 4.98 Å². The van der Waals surface area contributed by atoms with Crippen molar-refractivity contribution in [3.8, 4) is 5.88 Å². The summed E-state index contributed by atoms with van der Waals surface area (Å²) in [6, 6.07) is 13.6. The number of hydrogen-bond acceptors (Lipinski definition) is 7. The summed E-state index contributed by atoms with van der Waals surface area (Å²) in [7, 11) is 3.04. The van der Waals surface area contributed by atoms with Crippen LogP contribution in [-0.4, -0.2) is 35.8 Å². The van der Waals surface area contributed by atoms with Crippen LogP contribution in [0.2, 0.25) is 0 Å². The van der Waals surface area contributed by atoms with Crippen LogP contribution in [0.1, 0.15) is 26.3 Å². The summed E-state index contributed by atoms with van der Waals surface area (Å²) in [4.78, 5) is 40.5. The fourth-order valence-corrected chi connectivity index (χ4v) is 2.84. The lowest BCUT2D eigenvalue weighted by atomic mass is 9.97. The molecule has 0 aliphatic heterocycles. The Morgan fingerprint density at radius 3 is 2.40 bits per heavy atom. The van der Waals surface area contributed by atoms with E-state index in [1.165, 1.54) is 43.6 Å². The van der Waals surface area contributed by atoms with Crippen LogP contribution >= 0.6 is 0 Å². The van der Waals surface area contributed by atoms with Gasteiger partial charge in [-0.3, -0.25) is 19.7 Å². The summed E-state index contributed by atoms with van der Waals surface area (Å²) >= 11 is 0. The number of ether oxygens (including phenoxy) is 1. The van der Waals surface area contributed by atoms with Crippen molar-refractivity contribution in [3.63, 3.8) is 0 Å². The summed E-state index contributed by atoms with van der Waals surface area (Å²) < 4.78 is 4.98. The number of nitro benzene ring substituents is 1. The lowest BCUT2D eigenvalue weighted by Crippen LogP contribution is -2.17. The largest absolute Gasteiger partial charge is 0.481 e. The number of ketones is 1. The smallest absolute Gasteiger partial charge is 0.293 e. The molecule has 3 aromatic rings. The molecule has 1 aromatic heterocycles. The van der Waals surface area contributed by atoms with Crippen LogP contribution in [0.3, 0.4) is 0 Å². The average Bonchev–Trinajstić information content (AvgIpc) is 2.78.